The van der Waals surface area contributed by atoms with Crippen LogP contribution in [0.15, 0.2) is 0 Å². The smallest absolute Gasteiger partial charge is 0.350 e. The number of ketones is 1. The Labute approximate surface area is 123 Å². The van der Waals surface area contributed by atoms with Crippen molar-refractivity contribution in [3.63, 3.8) is 0 Å². The summed E-state index contributed by atoms with van der Waals surface area (Å²) in [5.41, 5.74) is -1.99. The SMILES string of the molecule is CC.CC1(C)C(=O)COC1=O.CC1(C)OC(=O)COC1=O. The van der Waals surface area contributed by atoms with Crippen LogP contribution in [-0.4, -0.2) is 42.5 Å². The lowest BCUT2D eigenvalue weighted by Gasteiger charge is -2.26. The maximum Gasteiger partial charge on any atom is 0.350 e. The molecule has 0 atom stereocenters. The Morgan fingerprint density at radius 2 is 1.29 bits per heavy atom. The zero-order valence-corrected chi connectivity index (χ0v) is 13.3. The van der Waals surface area contributed by atoms with Crippen LogP contribution < -0.4 is 0 Å². The molecule has 0 saturated carbocycles. The Balaban J connectivity index is 0.000000342. The van der Waals surface area contributed by atoms with Crippen molar-refractivity contribution in [2.24, 2.45) is 5.41 Å². The van der Waals surface area contributed by atoms with E-state index >= 15 is 0 Å². The molecule has 7 nitrogen and oxygen atoms in total. The molecule has 2 heterocycles. The highest BCUT2D eigenvalue weighted by atomic mass is 16.6. The molecule has 0 N–H and O–H groups in total. The number of carbonyl (C=O) groups is 4. The fourth-order valence-electron chi connectivity index (χ4n) is 1.26. The van der Waals surface area contributed by atoms with Gasteiger partial charge in [0.05, 0.1) is 0 Å². The molecule has 21 heavy (non-hydrogen) atoms. The molecule has 2 aliphatic heterocycles. The van der Waals surface area contributed by atoms with E-state index in [1.165, 1.54) is 13.8 Å². The van der Waals surface area contributed by atoms with Crippen LogP contribution in [0.3, 0.4) is 0 Å². The van der Waals surface area contributed by atoms with E-state index in [0.717, 1.165) is 0 Å². The molecule has 0 bridgehead atoms. The van der Waals surface area contributed by atoms with Gasteiger partial charge in [-0.1, -0.05) is 13.8 Å². The van der Waals surface area contributed by atoms with Crippen molar-refractivity contribution in [3.8, 4) is 0 Å². The van der Waals surface area contributed by atoms with E-state index in [9.17, 15) is 19.2 Å². The Morgan fingerprint density at radius 3 is 1.52 bits per heavy atom. The minimum Gasteiger partial charge on any atom is -0.457 e. The highest BCUT2D eigenvalue weighted by Gasteiger charge is 2.43. The van der Waals surface area contributed by atoms with Crippen LogP contribution in [0.5, 0.6) is 0 Å². The summed E-state index contributed by atoms with van der Waals surface area (Å²) < 4.78 is 13.7. The molecule has 0 unspecified atom stereocenters. The van der Waals surface area contributed by atoms with Crippen molar-refractivity contribution in [3.05, 3.63) is 0 Å². The van der Waals surface area contributed by atoms with Gasteiger partial charge in [-0.2, -0.15) is 0 Å². The molecule has 2 rings (SSSR count). The molecule has 0 aliphatic carbocycles. The topological polar surface area (TPSA) is 96.0 Å². The van der Waals surface area contributed by atoms with Crippen LogP contribution in [0.1, 0.15) is 41.5 Å². The highest BCUT2D eigenvalue weighted by Crippen LogP contribution is 2.24. The van der Waals surface area contributed by atoms with E-state index in [1.54, 1.807) is 13.8 Å². The summed E-state index contributed by atoms with van der Waals surface area (Å²) in [7, 11) is 0. The number of Topliss-reactive ketones (excluding diaryl/α,β-unsaturated/α-hetero) is 1. The number of esters is 3. The van der Waals surface area contributed by atoms with E-state index in [1.807, 2.05) is 13.8 Å². The third kappa shape index (κ3) is 4.84. The zero-order valence-electron chi connectivity index (χ0n) is 13.3. The quantitative estimate of drug-likeness (QED) is 0.374. The first-order valence-corrected chi connectivity index (χ1v) is 6.67. The van der Waals surface area contributed by atoms with Gasteiger partial charge in [0.2, 0.25) is 5.60 Å². The van der Waals surface area contributed by atoms with Gasteiger partial charge in [-0.05, 0) is 27.7 Å². The fraction of sp³-hybridized carbons (Fsp3) is 0.714. The van der Waals surface area contributed by atoms with E-state index in [2.05, 4.69) is 14.2 Å². The molecule has 2 aliphatic rings. The first kappa shape index (κ1) is 19.1. The van der Waals surface area contributed by atoms with Crippen molar-refractivity contribution in [2.45, 2.75) is 47.1 Å². The summed E-state index contributed by atoms with van der Waals surface area (Å²) in [4.78, 5) is 42.7. The molecule has 0 radical (unpaired) electrons. The van der Waals surface area contributed by atoms with Crippen molar-refractivity contribution in [2.75, 3.05) is 13.2 Å². The van der Waals surface area contributed by atoms with Crippen molar-refractivity contribution >= 4 is 23.7 Å². The van der Waals surface area contributed by atoms with Crippen LogP contribution in [0.4, 0.5) is 0 Å². The molecular formula is C14H22O7. The standard InChI is InChI=1S/C6H8O4.C6H8O3.C2H6/c1-6(2)5(8)9-3-4(7)10-6;1-6(2)4(7)3-9-5(6)8;1-2/h3H2,1-2H3;3H2,1-2H3;1-2H3. The van der Waals surface area contributed by atoms with Gasteiger partial charge in [0, 0.05) is 0 Å². The van der Waals surface area contributed by atoms with E-state index in [-0.39, 0.29) is 19.0 Å². The molecule has 2 saturated heterocycles. The molecular weight excluding hydrogens is 280 g/mol. The highest BCUT2D eigenvalue weighted by molar-refractivity contribution is 6.08. The molecule has 7 heteroatoms. The molecule has 2 fully saturated rings. The Morgan fingerprint density at radius 1 is 0.810 bits per heavy atom. The second kappa shape index (κ2) is 7.19. The predicted molar refractivity (Wildman–Crippen MR) is 72.2 cm³/mol. The van der Waals surface area contributed by atoms with Crippen LogP contribution in [0.2, 0.25) is 0 Å². The lowest BCUT2D eigenvalue weighted by Crippen LogP contribution is -2.45. The molecule has 0 amide bonds. The number of rotatable bonds is 0. The largest absolute Gasteiger partial charge is 0.457 e. The summed E-state index contributed by atoms with van der Waals surface area (Å²) in [6.45, 7) is 9.82. The predicted octanol–water partition coefficient (Wildman–Crippen LogP) is 1.03. The maximum atomic E-state index is 10.8. The Kier molecular flexibility index (Phi) is 6.53. The Bertz CT molecular complexity index is 417. The van der Waals surface area contributed by atoms with Gasteiger partial charge in [-0.25, -0.2) is 9.59 Å². The number of ether oxygens (including phenoxy) is 3. The summed E-state index contributed by atoms with van der Waals surface area (Å²) >= 11 is 0. The minimum absolute atomic E-state index is 0.0498. The van der Waals surface area contributed by atoms with Gasteiger partial charge in [0.1, 0.15) is 5.41 Å². The van der Waals surface area contributed by atoms with Crippen molar-refractivity contribution in [1.82, 2.24) is 0 Å². The molecule has 0 aromatic heterocycles. The lowest BCUT2D eigenvalue weighted by atomic mass is 9.91. The summed E-state index contributed by atoms with van der Waals surface area (Å²) in [5, 5.41) is 0. The van der Waals surface area contributed by atoms with Crippen LogP contribution in [0, 0.1) is 5.41 Å². The van der Waals surface area contributed by atoms with E-state index in [4.69, 9.17) is 0 Å². The molecule has 0 spiro atoms. The number of carbonyl (C=O) groups excluding carboxylic acids is 4. The maximum absolute atomic E-state index is 10.8. The van der Waals surface area contributed by atoms with Crippen molar-refractivity contribution < 1.29 is 33.4 Å². The van der Waals surface area contributed by atoms with Gasteiger partial charge in [-0.15, -0.1) is 0 Å². The van der Waals surface area contributed by atoms with Crippen LogP contribution in [-0.2, 0) is 33.4 Å². The number of hydrogen-bond acceptors (Lipinski definition) is 7. The summed E-state index contributed by atoms with van der Waals surface area (Å²) in [6, 6.07) is 0. The van der Waals surface area contributed by atoms with Gasteiger partial charge in [0.25, 0.3) is 0 Å². The van der Waals surface area contributed by atoms with E-state index in [0.29, 0.717) is 0 Å². The number of hydrogen-bond donors (Lipinski definition) is 0. The first-order valence-electron chi connectivity index (χ1n) is 6.67. The molecule has 120 valence electrons. The third-order valence-electron chi connectivity index (χ3n) is 2.72. The van der Waals surface area contributed by atoms with Crippen molar-refractivity contribution in [1.29, 1.82) is 0 Å². The average molecular weight is 302 g/mol. The average Bonchev–Trinajstić information content (AvgIpc) is 2.64. The van der Waals surface area contributed by atoms with Crippen LogP contribution in [0.25, 0.3) is 0 Å². The van der Waals surface area contributed by atoms with Gasteiger partial charge in [-0.3, -0.25) is 9.59 Å². The lowest BCUT2D eigenvalue weighted by molar-refractivity contribution is -0.195. The number of cyclic esters (lactones) is 3. The van der Waals surface area contributed by atoms with E-state index < -0.39 is 28.9 Å². The van der Waals surface area contributed by atoms with Gasteiger partial charge >= 0.3 is 17.9 Å². The molecule has 0 aromatic rings. The minimum atomic E-state index is -1.10. The van der Waals surface area contributed by atoms with Gasteiger partial charge < -0.3 is 14.2 Å². The second-order valence-corrected chi connectivity index (χ2v) is 5.18. The third-order valence-corrected chi connectivity index (χ3v) is 2.72. The monoisotopic (exact) mass is 302 g/mol. The zero-order chi connectivity index (χ0) is 16.8. The Hall–Kier alpha value is -1.92. The summed E-state index contributed by atoms with van der Waals surface area (Å²) in [6.07, 6.45) is 0. The normalized spacial score (nSPS) is 21.8. The second-order valence-electron chi connectivity index (χ2n) is 5.18. The summed E-state index contributed by atoms with van der Waals surface area (Å²) in [5.74, 6) is -1.53. The van der Waals surface area contributed by atoms with Gasteiger partial charge in [0.15, 0.2) is 19.0 Å². The fourth-order valence-corrected chi connectivity index (χ4v) is 1.26. The first-order chi connectivity index (χ1) is 9.57. The van der Waals surface area contributed by atoms with Crippen LogP contribution >= 0.6 is 0 Å². The molecule has 0 aromatic carbocycles.